The van der Waals surface area contributed by atoms with Gasteiger partial charge in [-0.2, -0.15) is 0 Å². The van der Waals surface area contributed by atoms with E-state index in [4.69, 9.17) is 5.73 Å². The lowest BCUT2D eigenvalue weighted by molar-refractivity contribution is 0.0656. The first-order valence-electron chi connectivity index (χ1n) is 7.10. The van der Waals surface area contributed by atoms with Gasteiger partial charge in [-0.25, -0.2) is 4.98 Å². The first kappa shape index (κ1) is 16.0. The van der Waals surface area contributed by atoms with Crippen molar-refractivity contribution in [3.8, 4) is 0 Å². The number of amides is 1. The number of aliphatic hydroxyl groups excluding tert-OH is 2. The van der Waals surface area contributed by atoms with Gasteiger partial charge in [0.2, 0.25) is 0 Å². The SMILES string of the molecule is CCC(CO)(CO)NC(=O)c1sc(N2CCCC2)nc1N. The van der Waals surface area contributed by atoms with Crippen molar-refractivity contribution in [1.82, 2.24) is 10.3 Å². The molecule has 0 unspecified atom stereocenters. The summed E-state index contributed by atoms with van der Waals surface area (Å²) in [7, 11) is 0. The molecule has 7 nitrogen and oxygen atoms in total. The number of hydrogen-bond acceptors (Lipinski definition) is 7. The monoisotopic (exact) mass is 314 g/mol. The molecule has 0 spiro atoms. The topological polar surface area (TPSA) is 112 Å². The summed E-state index contributed by atoms with van der Waals surface area (Å²) in [4.78, 5) is 19.0. The van der Waals surface area contributed by atoms with Crippen molar-refractivity contribution in [2.75, 3.05) is 36.9 Å². The van der Waals surface area contributed by atoms with Crippen LogP contribution in [0.3, 0.4) is 0 Å². The predicted molar refractivity (Wildman–Crippen MR) is 82.6 cm³/mol. The number of nitrogen functional groups attached to an aromatic ring is 1. The zero-order valence-electron chi connectivity index (χ0n) is 12.1. The third-order valence-electron chi connectivity index (χ3n) is 3.89. The van der Waals surface area contributed by atoms with E-state index in [-0.39, 0.29) is 19.0 Å². The minimum absolute atomic E-state index is 0.195. The highest BCUT2D eigenvalue weighted by Crippen LogP contribution is 2.30. The van der Waals surface area contributed by atoms with Crippen LogP contribution in [0.25, 0.3) is 0 Å². The summed E-state index contributed by atoms with van der Waals surface area (Å²) in [6, 6.07) is 0. The van der Waals surface area contributed by atoms with Crippen LogP contribution in [0.2, 0.25) is 0 Å². The standard InChI is InChI=1S/C13H22N4O3S/c1-2-13(7-18,8-19)16-11(20)9-10(14)15-12(21-9)17-5-3-4-6-17/h18-19H,2-8,14H2,1H3,(H,16,20). The number of nitrogens with one attached hydrogen (secondary N) is 1. The Morgan fingerprint density at radius 1 is 1.43 bits per heavy atom. The van der Waals surface area contributed by atoms with E-state index >= 15 is 0 Å². The van der Waals surface area contributed by atoms with Gasteiger partial charge in [-0.1, -0.05) is 18.3 Å². The highest BCUT2D eigenvalue weighted by Gasteiger charge is 2.31. The molecule has 1 fully saturated rings. The molecule has 2 rings (SSSR count). The second-order valence-electron chi connectivity index (χ2n) is 5.31. The molecule has 1 aromatic rings. The van der Waals surface area contributed by atoms with E-state index in [0.717, 1.165) is 31.1 Å². The van der Waals surface area contributed by atoms with Crippen molar-refractivity contribution in [1.29, 1.82) is 0 Å². The molecule has 1 aliphatic heterocycles. The van der Waals surface area contributed by atoms with Gasteiger partial charge in [0.1, 0.15) is 10.7 Å². The number of nitrogens with two attached hydrogens (primary N) is 1. The van der Waals surface area contributed by atoms with Gasteiger partial charge >= 0.3 is 0 Å². The van der Waals surface area contributed by atoms with Crippen LogP contribution >= 0.6 is 11.3 Å². The Balaban J connectivity index is 2.15. The van der Waals surface area contributed by atoms with Gasteiger partial charge in [0.25, 0.3) is 5.91 Å². The fourth-order valence-corrected chi connectivity index (χ4v) is 3.20. The maximum absolute atomic E-state index is 12.3. The molecule has 1 saturated heterocycles. The van der Waals surface area contributed by atoms with Crippen molar-refractivity contribution in [3.05, 3.63) is 4.88 Å². The largest absolute Gasteiger partial charge is 0.394 e. The Morgan fingerprint density at radius 2 is 2.05 bits per heavy atom. The van der Waals surface area contributed by atoms with Crippen LogP contribution in [0.1, 0.15) is 35.9 Å². The van der Waals surface area contributed by atoms with Crippen LogP contribution in [0.4, 0.5) is 10.9 Å². The molecule has 0 aromatic carbocycles. The van der Waals surface area contributed by atoms with Crippen LogP contribution in [-0.4, -0.2) is 52.9 Å². The first-order chi connectivity index (χ1) is 10.0. The normalized spacial score (nSPS) is 15.5. The van der Waals surface area contributed by atoms with E-state index in [1.54, 1.807) is 6.92 Å². The summed E-state index contributed by atoms with van der Waals surface area (Å²) in [5.74, 6) is -0.208. The Kier molecular flexibility index (Phi) is 5.02. The smallest absolute Gasteiger partial charge is 0.265 e. The van der Waals surface area contributed by atoms with Gasteiger partial charge < -0.3 is 26.2 Å². The minimum atomic E-state index is -1.03. The van der Waals surface area contributed by atoms with Gasteiger partial charge in [0.05, 0.1) is 18.8 Å². The lowest BCUT2D eigenvalue weighted by atomic mass is 9.98. The zero-order chi connectivity index (χ0) is 15.5. The Bertz CT molecular complexity index is 487. The zero-order valence-corrected chi connectivity index (χ0v) is 12.9. The van der Waals surface area contributed by atoms with Gasteiger partial charge in [0, 0.05) is 13.1 Å². The van der Waals surface area contributed by atoms with Crippen molar-refractivity contribution >= 4 is 28.2 Å². The quantitative estimate of drug-likeness (QED) is 0.596. The van der Waals surface area contributed by atoms with Crippen LogP contribution < -0.4 is 16.0 Å². The number of aliphatic hydroxyl groups is 2. The molecule has 0 atom stereocenters. The van der Waals surface area contributed by atoms with E-state index in [2.05, 4.69) is 15.2 Å². The Hall–Kier alpha value is -1.38. The molecule has 0 saturated carbocycles. The fraction of sp³-hybridized carbons (Fsp3) is 0.692. The summed E-state index contributed by atoms with van der Waals surface area (Å²) < 4.78 is 0. The molecule has 1 aromatic heterocycles. The molecule has 0 radical (unpaired) electrons. The molecule has 1 amide bonds. The van der Waals surface area contributed by atoms with Gasteiger partial charge in [-0.05, 0) is 19.3 Å². The second kappa shape index (κ2) is 6.59. The van der Waals surface area contributed by atoms with Crippen molar-refractivity contribution in [2.24, 2.45) is 0 Å². The number of aromatic nitrogens is 1. The third-order valence-corrected chi connectivity index (χ3v) is 5.02. The number of hydrogen-bond donors (Lipinski definition) is 4. The van der Waals surface area contributed by atoms with Crippen molar-refractivity contribution in [3.63, 3.8) is 0 Å². The van der Waals surface area contributed by atoms with E-state index in [1.165, 1.54) is 11.3 Å². The van der Waals surface area contributed by atoms with E-state index < -0.39 is 11.4 Å². The number of rotatable bonds is 6. The number of nitrogens with zero attached hydrogens (tertiary/aromatic N) is 2. The molecule has 1 aliphatic rings. The third kappa shape index (κ3) is 3.28. The van der Waals surface area contributed by atoms with E-state index in [0.29, 0.717) is 11.3 Å². The average Bonchev–Trinajstić information content (AvgIpc) is 3.14. The highest BCUT2D eigenvalue weighted by atomic mass is 32.1. The van der Waals surface area contributed by atoms with Crippen LogP contribution in [-0.2, 0) is 0 Å². The van der Waals surface area contributed by atoms with Crippen LogP contribution in [0.15, 0.2) is 0 Å². The Morgan fingerprint density at radius 3 is 2.57 bits per heavy atom. The van der Waals surface area contributed by atoms with E-state index in [9.17, 15) is 15.0 Å². The first-order valence-corrected chi connectivity index (χ1v) is 7.92. The van der Waals surface area contributed by atoms with Crippen molar-refractivity contribution < 1.29 is 15.0 Å². The fourth-order valence-electron chi connectivity index (χ4n) is 2.27. The summed E-state index contributed by atoms with van der Waals surface area (Å²) in [6.07, 6.45) is 2.66. The molecule has 2 heterocycles. The van der Waals surface area contributed by atoms with E-state index in [1.807, 2.05) is 0 Å². The summed E-state index contributed by atoms with van der Waals surface area (Å²) in [5.41, 5.74) is 4.81. The second-order valence-corrected chi connectivity index (χ2v) is 6.29. The molecule has 8 heteroatoms. The van der Waals surface area contributed by atoms with Crippen LogP contribution in [0, 0.1) is 0 Å². The maximum Gasteiger partial charge on any atom is 0.265 e. The minimum Gasteiger partial charge on any atom is -0.394 e. The molecule has 118 valence electrons. The van der Waals surface area contributed by atoms with Gasteiger partial charge in [-0.15, -0.1) is 0 Å². The molecular weight excluding hydrogens is 292 g/mol. The Labute approximate surface area is 127 Å². The number of carbonyl (C=O) groups excluding carboxylic acids is 1. The van der Waals surface area contributed by atoms with Crippen LogP contribution in [0.5, 0.6) is 0 Å². The molecular formula is C13H22N4O3S. The lowest BCUT2D eigenvalue weighted by Gasteiger charge is -2.29. The molecule has 5 N–H and O–H groups in total. The highest BCUT2D eigenvalue weighted by molar-refractivity contribution is 7.18. The average molecular weight is 314 g/mol. The predicted octanol–water partition coefficient (Wildman–Crippen LogP) is 0.189. The molecule has 0 bridgehead atoms. The number of thiazole rings is 1. The number of carbonyl (C=O) groups is 1. The molecule has 0 aliphatic carbocycles. The summed E-state index contributed by atoms with van der Waals surface area (Å²) >= 11 is 1.25. The van der Waals surface area contributed by atoms with Gasteiger partial charge in [0.15, 0.2) is 5.13 Å². The number of anilines is 2. The van der Waals surface area contributed by atoms with Gasteiger partial charge in [-0.3, -0.25) is 4.79 Å². The van der Waals surface area contributed by atoms with Crippen molar-refractivity contribution in [2.45, 2.75) is 31.7 Å². The molecule has 21 heavy (non-hydrogen) atoms. The summed E-state index contributed by atoms with van der Waals surface area (Å²) in [5, 5.41) is 22.2. The maximum atomic E-state index is 12.3. The lowest BCUT2D eigenvalue weighted by Crippen LogP contribution is -2.53. The summed E-state index contributed by atoms with van der Waals surface area (Å²) in [6.45, 7) is 2.99.